The minimum absolute atomic E-state index is 0.110. The van der Waals surface area contributed by atoms with Crippen molar-refractivity contribution in [3.05, 3.63) is 156 Å². The van der Waals surface area contributed by atoms with Crippen LogP contribution in [0.25, 0.3) is 0 Å². The molecule has 0 aliphatic heterocycles. The van der Waals surface area contributed by atoms with Crippen LogP contribution in [0.15, 0.2) is 145 Å². The molecule has 0 saturated carbocycles. The van der Waals surface area contributed by atoms with Gasteiger partial charge in [0.25, 0.3) is 0 Å². The molecule has 0 saturated heterocycles. The molecule has 0 bridgehead atoms. The number of hydrogen-bond acceptors (Lipinski definition) is 4. The van der Waals surface area contributed by atoms with E-state index in [1.807, 2.05) is 114 Å². The van der Waals surface area contributed by atoms with Crippen molar-refractivity contribution in [1.29, 1.82) is 0 Å². The Labute approximate surface area is 310 Å². The third kappa shape index (κ3) is 10.3. The van der Waals surface area contributed by atoms with Gasteiger partial charge < -0.3 is 15.0 Å². The molecule has 0 fully saturated rings. The van der Waals surface area contributed by atoms with Gasteiger partial charge in [0.1, 0.15) is 24.4 Å². The van der Waals surface area contributed by atoms with E-state index in [1.54, 1.807) is 4.90 Å². The van der Waals surface area contributed by atoms with E-state index in [9.17, 15) is 9.59 Å². The number of nitrogens with one attached hydrogen (secondary N) is 1. The van der Waals surface area contributed by atoms with E-state index >= 15 is 0 Å². The fourth-order valence-electron chi connectivity index (χ4n) is 6.13. The molecular weight excluding hydrogens is 661 g/mol. The van der Waals surface area contributed by atoms with Crippen LogP contribution >= 0.6 is 7.92 Å². The Kier molecular flexibility index (Phi) is 13.5. The van der Waals surface area contributed by atoms with Crippen molar-refractivity contribution in [2.45, 2.75) is 59.7 Å². The van der Waals surface area contributed by atoms with Gasteiger partial charge in [0.05, 0.1) is 0 Å². The molecule has 0 radical (unpaired) electrons. The summed E-state index contributed by atoms with van der Waals surface area (Å²) in [6.07, 6.45) is 2.20. The number of ether oxygens (including phenoxy) is 1. The molecule has 0 spiro atoms. The van der Waals surface area contributed by atoms with Crippen LogP contribution < -0.4 is 26.0 Å². The highest BCUT2D eigenvalue weighted by molar-refractivity contribution is 7.80. The number of hydrogen-bond donors (Lipinski definition) is 1. The normalized spacial score (nSPS) is 12.7. The predicted molar refractivity (Wildman–Crippen MR) is 217 cm³/mol. The summed E-state index contributed by atoms with van der Waals surface area (Å²) < 4.78 is 5.98. The third-order valence-electron chi connectivity index (χ3n) is 8.94. The van der Waals surface area contributed by atoms with E-state index in [0.717, 1.165) is 27.7 Å². The standard InChI is InChI=1S/C45H50N3O3P/c1-6-48(7-2)44(50)40(31-34-27-29-37(30-28-34)51-33-35-19-11-8-12-20-35)47-43(49)42(45(3,4)5)46-32-36-21-17-18-26-41(36)52(38-22-13-9-14-23-38)39-24-15-10-16-25-39/h8-30,32,40,42H,6-7,31,33H2,1-5H3,(H,47,49)/t40-,42-/m1/s1. The minimum Gasteiger partial charge on any atom is -0.489 e. The largest absolute Gasteiger partial charge is 0.489 e. The Bertz CT molecular complexity index is 1850. The fraction of sp³-hybridized carbons (Fsp3) is 0.267. The molecule has 0 heterocycles. The summed E-state index contributed by atoms with van der Waals surface area (Å²) in [5, 5.41) is 6.78. The quantitative estimate of drug-likeness (QED) is 0.0907. The van der Waals surface area contributed by atoms with E-state index in [2.05, 4.69) is 72.0 Å². The first-order valence-electron chi connectivity index (χ1n) is 18.0. The molecule has 5 rings (SSSR count). The average Bonchev–Trinajstić information content (AvgIpc) is 3.16. The summed E-state index contributed by atoms with van der Waals surface area (Å²) in [6.45, 7) is 11.5. The van der Waals surface area contributed by atoms with Gasteiger partial charge in [-0.2, -0.15) is 0 Å². The number of rotatable bonds is 15. The van der Waals surface area contributed by atoms with Crippen molar-refractivity contribution in [3.8, 4) is 5.75 Å². The Balaban J connectivity index is 1.39. The van der Waals surface area contributed by atoms with Gasteiger partial charge in [-0.3, -0.25) is 14.6 Å². The highest BCUT2D eigenvalue weighted by Crippen LogP contribution is 2.34. The number of likely N-dealkylation sites (N-methyl/N-ethyl adjacent to an activating group) is 1. The van der Waals surface area contributed by atoms with Gasteiger partial charge in [-0.05, 0) is 66.4 Å². The average molecular weight is 712 g/mol. The van der Waals surface area contributed by atoms with Gasteiger partial charge in [0.15, 0.2) is 0 Å². The second kappa shape index (κ2) is 18.4. The molecule has 0 unspecified atom stereocenters. The zero-order valence-corrected chi connectivity index (χ0v) is 31.8. The number of aliphatic imine (C=N–C) groups is 1. The van der Waals surface area contributed by atoms with E-state index < -0.39 is 25.4 Å². The lowest BCUT2D eigenvalue weighted by Crippen LogP contribution is -2.53. The maximum absolute atomic E-state index is 14.2. The van der Waals surface area contributed by atoms with Gasteiger partial charge >= 0.3 is 0 Å². The van der Waals surface area contributed by atoms with Crippen LogP contribution in [0.1, 0.15) is 51.3 Å². The van der Waals surface area contributed by atoms with Crippen molar-refractivity contribution in [2.24, 2.45) is 10.4 Å². The lowest BCUT2D eigenvalue weighted by molar-refractivity contribution is -0.137. The Morgan fingerprint density at radius 3 is 1.83 bits per heavy atom. The van der Waals surface area contributed by atoms with E-state index in [0.29, 0.717) is 26.1 Å². The molecule has 268 valence electrons. The van der Waals surface area contributed by atoms with Crippen LogP contribution in [0.2, 0.25) is 0 Å². The zero-order chi connectivity index (χ0) is 36.9. The highest BCUT2D eigenvalue weighted by atomic mass is 31.1. The summed E-state index contributed by atoms with van der Waals surface area (Å²) in [6, 6.07) is 45.7. The number of benzene rings is 5. The van der Waals surface area contributed by atoms with Crippen molar-refractivity contribution >= 4 is 41.9 Å². The van der Waals surface area contributed by atoms with Gasteiger partial charge in [-0.15, -0.1) is 0 Å². The fourth-order valence-corrected chi connectivity index (χ4v) is 8.55. The van der Waals surface area contributed by atoms with Crippen LogP contribution in [0.5, 0.6) is 5.75 Å². The van der Waals surface area contributed by atoms with Crippen molar-refractivity contribution in [1.82, 2.24) is 10.2 Å². The van der Waals surface area contributed by atoms with Gasteiger partial charge in [-0.1, -0.05) is 148 Å². The second-order valence-electron chi connectivity index (χ2n) is 13.8. The first-order chi connectivity index (χ1) is 25.2. The predicted octanol–water partition coefficient (Wildman–Crippen LogP) is 7.45. The van der Waals surface area contributed by atoms with Crippen molar-refractivity contribution in [2.75, 3.05) is 13.1 Å². The molecular formula is C45H50N3O3P. The molecule has 5 aromatic rings. The molecule has 0 aromatic heterocycles. The van der Waals surface area contributed by atoms with E-state index in [-0.39, 0.29) is 11.8 Å². The molecule has 1 N–H and O–H groups in total. The van der Waals surface area contributed by atoms with E-state index in [4.69, 9.17) is 9.73 Å². The summed E-state index contributed by atoms with van der Waals surface area (Å²) in [4.78, 5) is 34.9. The molecule has 6 nitrogen and oxygen atoms in total. The Hall–Kier alpha value is -5.06. The van der Waals surface area contributed by atoms with Crippen molar-refractivity contribution < 1.29 is 14.3 Å². The van der Waals surface area contributed by atoms with E-state index in [1.165, 1.54) is 10.6 Å². The molecule has 0 aliphatic rings. The topological polar surface area (TPSA) is 71.0 Å². The number of carbonyl (C=O) groups excluding carboxylic acids is 2. The highest BCUT2D eigenvalue weighted by Gasteiger charge is 2.34. The lowest BCUT2D eigenvalue weighted by atomic mass is 9.86. The van der Waals surface area contributed by atoms with Crippen LogP contribution in [0, 0.1) is 5.41 Å². The minimum atomic E-state index is -0.871. The maximum atomic E-state index is 14.2. The SMILES string of the molecule is CCN(CC)C(=O)[C@@H](Cc1ccc(OCc2ccccc2)cc1)NC(=O)[C@@H](N=Cc1ccccc1P(c1ccccc1)c1ccccc1)C(C)(C)C. The molecule has 2 amide bonds. The summed E-state index contributed by atoms with van der Waals surface area (Å²) in [5.74, 6) is 0.359. The number of nitrogens with zero attached hydrogens (tertiary/aromatic N) is 2. The first kappa shape index (κ1) is 38.2. The molecule has 5 aromatic carbocycles. The summed E-state index contributed by atoms with van der Waals surface area (Å²) in [7, 11) is -0.871. The lowest BCUT2D eigenvalue weighted by Gasteiger charge is -2.30. The number of amides is 2. The van der Waals surface area contributed by atoms with Crippen LogP contribution in [-0.2, 0) is 22.6 Å². The van der Waals surface area contributed by atoms with Crippen molar-refractivity contribution in [3.63, 3.8) is 0 Å². The van der Waals surface area contributed by atoms with Gasteiger partial charge in [-0.25, -0.2) is 0 Å². The maximum Gasteiger partial charge on any atom is 0.245 e. The monoisotopic (exact) mass is 711 g/mol. The Morgan fingerprint density at radius 2 is 1.27 bits per heavy atom. The van der Waals surface area contributed by atoms with Crippen LogP contribution in [-0.4, -0.2) is 48.1 Å². The molecule has 52 heavy (non-hydrogen) atoms. The van der Waals surface area contributed by atoms with Crippen LogP contribution in [0.3, 0.4) is 0 Å². The Morgan fingerprint density at radius 1 is 0.731 bits per heavy atom. The molecule has 2 atom stereocenters. The smallest absolute Gasteiger partial charge is 0.245 e. The molecule has 7 heteroatoms. The number of carbonyl (C=O) groups is 2. The van der Waals surface area contributed by atoms with Gasteiger partial charge in [0, 0.05) is 31.3 Å². The van der Waals surface area contributed by atoms with Gasteiger partial charge in [0.2, 0.25) is 11.8 Å². The zero-order valence-electron chi connectivity index (χ0n) is 30.9. The third-order valence-corrected chi connectivity index (χ3v) is 11.5. The molecule has 0 aliphatic carbocycles. The first-order valence-corrected chi connectivity index (χ1v) is 19.4. The summed E-state index contributed by atoms with van der Waals surface area (Å²) in [5.41, 5.74) is 2.47. The second-order valence-corrected chi connectivity index (χ2v) is 16.0. The summed E-state index contributed by atoms with van der Waals surface area (Å²) >= 11 is 0. The van der Waals surface area contributed by atoms with Crippen LogP contribution in [0.4, 0.5) is 0 Å².